The van der Waals surface area contributed by atoms with Crippen LogP contribution < -0.4 is 5.32 Å². The molecule has 2 unspecified atom stereocenters. The molecule has 1 aromatic carbocycles. The van der Waals surface area contributed by atoms with Gasteiger partial charge in [-0.05, 0) is 25.3 Å². The standard InChI is InChI=1S/C19H27N3O4/c1-19(17(24)25,12-14-8-5-4-6-9-14)20-16(23)15-10-7-11-22(13-15)18(26)21(2)3/h4-6,8-9,15H,7,10-13H2,1-3H3,(H,20,23)(H,24,25). The van der Waals surface area contributed by atoms with Gasteiger partial charge in [-0.2, -0.15) is 0 Å². The molecule has 0 saturated carbocycles. The molecular weight excluding hydrogens is 334 g/mol. The summed E-state index contributed by atoms with van der Waals surface area (Å²) in [7, 11) is 3.35. The topological polar surface area (TPSA) is 90.0 Å². The molecule has 0 aliphatic carbocycles. The van der Waals surface area contributed by atoms with Gasteiger partial charge in [-0.25, -0.2) is 9.59 Å². The quantitative estimate of drug-likeness (QED) is 0.833. The van der Waals surface area contributed by atoms with Gasteiger partial charge in [0.25, 0.3) is 0 Å². The van der Waals surface area contributed by atoms with Crippen LogP contribution in [0.5, 0.6) is 0 Å². The third-order valence-corrected chi connectivity index (χ3v) is 4.72. The normalized spacial score (nSPS) is 19.3. The average molecular weight is 361 g/mol. The monoisotopic (exact) mass is 361 g/mol. The van der Waals surface area contributed by atoms with E-state index >= 15 is 0 Å². The summed E-state index contributed by atoms with van der Waals surface area (Å²) in [5.41, 5.74) is -0.558. The zero-order valence-corrected chi connectivity index (χ0v) is 15.6. The van der Waals surface area contributed by atoms with Gasteiger partial charge in [-0.3, -0.25) is 4.79 Å². The second kappa shape index (κ2) is 8.21. The lowest BCUT2D eigenvalue weighted by Gasteiger charge is -2.35. The third kappa shape index (κ3) is 4.74. The van der Waals surface area contributed by atoms with Crippen LogP contribution in [0.3, 0.4) is 0 Å². The third-order valence-electron chi connectivity index (χ3n) is 4.72. The maximum absolute atomic E-state index is 12.7. The van der Waals surface area contributed by atoms with Gasteiger partial charge < -0.3 is 20.2 Å². The summed E-state index contributed by atoms with van der Waals surface area (Å²) < 4.78 is 0. The first-order chi connectivity index (χ1) is 12.2. The van der Waals surface area contributed by atoms with Crippen LogP contribution in [0.4, 0.5) is 4.79 Å². The largest absolute Gasteiger partial charge is 0.480 e. The smallest absolute Gasteiger partial charge is 0.329 e. The lowest BCUT2D eigenvalue weighted by molar-refractivity contribution is -0.147. The molecule has 7 heteroatoms. The van der Waals surface area contributed by atoms with Crippen molar-refractivity contribution in [1.29, 1.82) is 0 Å². The molecule has 0 bridgehead atoms. The fourth-order valence-electron chi connectivity index (χ4n) is 3.20. The van der Waals surface area contributed by atoms with E-state index in [1.165, 1.54) is 11.8 Å². The minimum Gasteiger partial charge on any atom is -0.480 e. The predicted molar refractivity (Wildman–Crippen MR) is 97.7 cm³/mol. The van der Waals surface area contributed by atoms with Gasteiger partial charge in [-0.15, -0.1) is 0 Å². The molecule has 0 aromatic heterocycles. The Morgan fingerprint density at radius 2 is 1.92 bits per heavy atom. The zero-order chi connectivity index (χ0) is 19.3. The molecule has 0 radical (unpaired) electrons. The highest BCUT2D eigenvalue weighted by atomic mass is 16.4. The van der Waals surface area contributed by atoms with Crippen molar-refractivity contribution in [3.05, 3.63) is 35.9 Å². The number of likely N-dealkylation sites (tertiary alicyclic amines) is 1. The van der Waals surface area contributed by atoms with E-state index in [4.69, 9.17) is 0 Å². The van der Waals surface area contributed by atoms with E-state index in [0.29, 0.717) is 19.5 Å². The lowest BCUT2D eigenvalue weighted by atomic mass is 9.90. The number of carboxylic acid groups (broad SMARTS) is 1. The molecule has 1 fully saturated rings. The Morgan fingerprint density at radius 1 is 1.27 bits per heavy atom. The summed E-state index contributed by atoms with van der Waals surface area (Å²) >= 11 is 0. The number of urea groups is 1. The molecule has 2 rings (SSSR count). The first-order valence-corrected chi connectivity index (χ1v) is 8.78. The Balaban J connectivity index is 2.07. The van der Waals surface area contributed by atoms with Crippen molar-refractivity contribution in [3.63, 3.8) is 0 Å². The Morgan fingerprint density at radius 3 is 2.50 bits per heavy atom. The van der Waals surface area contributed by atoms with E-state index in [1.807, 2.05) is 30.3 Å². The SMILES string of the molecule is CN(C)C(=O)N1CCCC(C(=O)NC(C)(Cc2ccccc2)C(=O)O)C1. The highest BCUT2D eigenvalue weighted by molar-refractivity contribution is 5.88. The molecule has 2 atom stereocenters. The van der Waals surface area contributed by atoms with Crippen molar-refractivity contribution in [1.82, 2.24) is 15.1 Å². The van der Waals surface area contributed by atoms with Crippen LogP contribution in [0.15, 0.2) is 30.3 Å². The number of amides is 3. The number of carbonyl (C=O) groups excluding carboxylic acids is 2. The van der Waals surface area contributed by atoms with Crippen LogP contribution in [0.1, 0.15) is 25.3 Å². The Labute approximate surface area is 154 Å². The summed E-state index contributed by atoms with van der Waals surface area (Å²) in [5, 5.41) is 12.4. The number of rotatable bonds is 5. The van der Waals surface area contributed by atoms with Crippen LogP contribution in [0.25, 0.3) is 0 Å². The molecule has 2 N–H and O–H groups in total. The number of nitrogens with one attached hydrogen (secondary N) is 1. The summed E-state index contributed by atoms with van der Waals surface area (Å²) in [6, 6.07) is 9.08. The molecule has 1 aliphatic heterocycles. The molecule has 1 aromatic rings. The van der Waals surface area contributed by atoms with Gasteiger partial charge in [0, 0.05) is 33.6 Å². The number of hydrogen-bond donors (Lipinski definition) is 2. The Bertz CT molecular complexity index is 662. The zero-order valence-electron chi connectivity index (χ0n) is 15.6. The van der Waals surface area contributed by atoms with Gasteiger partial charge in [0.1, 0.15) is 5.54 Å². The second-order valence-electron chi connectivity index (χ2n) is 7.25. The van der Waals surface area contributed by atoms with Gasteiger partial charge in [0.2, 0.25) is 5.91 Å². The van der Waals surface area contributed by atoms with E-state index in [-0.39, 0.29) is 18.4 Å². The van der Waals surface area contributed by atoms with Crippen molar-refractivity contribution in [2.45, 2.75) is 31.7 Å². The maximum Gasteiger partial charge on any atom is 0.329 e. The van der Waals surface area contributed by atoms with Gasteiger partial charge in [0.05, 0.1) is 5.92 Å². The minimum absolute atomic E-state index is 0.132. The number of benzene rings is 1. The molecule has 7 nitrogen and oxygen atoms in total. The van der Waals surface area contributed by atoms with Crippen molar-refractivity contribution < 1.29 is 19.5 Å². The van der Waals surface area contributed by atoms with Gasteiger partial charge in [0.15, 0.2) is 0 Å². The Kier molecular flexibility index (Phi) is 6.23. The molecule has 1 saturated heterocycles. The number of nitrogens with zero attached hydrogens (tertiary/aromatic N) is 2. The summed E-state index contributed by atoms with van der Waals surface area (Å²) in [4.78, 5) is 39.8. The summed E-state index contributed by atoms with van der Waals surface area (Å²) in [6.45, 7) is 2.44. The number of aliphatic carboxylic acids is 1. The predicted octanol–water partition coefficient (Wildman–Crippen LogP) is 1.58. The van der Waals surface area contributed by atoms with Crippen LogP contribution in [0, 0.1) is 5.92 Å². The number of hydrogen-bond acceptors (Lipinski definition) is 3. The van der Waals surface area contributed by atoms with E-state index in [9.17, 15) is 19.5 Å². The van der Waals surface area contributed by atoms with Crippen LogP contribution in [-0.4, -0.2) is 65.5 Å². The Hall–Kier alpha value is -2.57. The molecule has 3 amide bonds. The lowest BCUT2D eigenvalue weighted by Crippen LogP contribution is -2.57. The molecule has 1 heterocycles. The van der Waals surface area contributed by atoms with Crippen LogP contribution in [-0.2, 0) is 16.0 Å². The second-order valence-corrected chi connectivity index (χ2v) is 7.25. The molecule has 142 valence electrons. The first-order valence-electron chi connectivity index (χ1n) is 8.78. The van der Waals surface area contributed by atoms with E-state index in [0.717, 1.165) is 12.0 Å². The van der Waals surface area contributed by atoms with E-state index in [1.54, 1.807) is 19.0 Å². The maximum atomic E-state index is 12.7. The number of carboxylic acids is 1. The van der Waals surface area contributed by atoms with Crippen molar-refractivity contribution in [2.24, 2.45) is 5.92 Å². The first kappa shape index (κ1) is 19.8. The molecule has 1 aliphatic rings. The van der Waals surface area contributed by atoms with Crippen molar-refractivity contribution >= 4 is 17.9 Å². The van der Waals surface area contributed by atoms with E-state index in [2.05, 4.69) is 5.32 Å². The minimum atomic E-state index is -1.40. The van der Waals surface area contributed by atoms with Crippen molar-refractivity contribution in [2.75, 3.05) is 27.2 Å². The molecule has 0 spiro atoms. The fraction of sp³-hybridized carbons (Fsp3) is 0.526. The van der Waals surface area contributed by atoms with Crippen LogP contribution in [0.2, 0.25) is 0 Å². The van der Waals surface area contributed by atoms with E-state index < -0.39 is 17.4 Å². The van der Waals surface area contributed by atoms with Gasteiger partial charge in [-0.1, -0.05) is 30.3 Å². The number of piperidine rings is 1. The summed E-state index contributed by atoms with van der Waals surface area (Å²) in [5.74, 6) is -1.80. The highest BCUT2D eigenvalue weighted by Gasteiger charge is 2.38. The molecular formula is C19H27N3O4. The average Bonchev–Trinajstić information content (AvgIpc) is 2.61. The number of carbonyl (C=O) groups is 3. The fourth-order valence-corrected chi connectivity index (χ4v) is 3.20. The molecule has 26 heavy (non-hydrogen) atoms. The summed E-state index contributed by atoms with van der Waals surface area (Å²) in [6.07, 6.45) is 1.56. The van der Waals surface area contributed by atoms with Gasteiger partial charge >= 0.3 is 12.0 Å². The van der Waals surface area contributed by atoms with Crippen LogP contribution >= 0.6 is 0 Å². The highest BCUT2D eigenvalue weighted by Crippen LogP contribution is 2.20. The van der Waals surface area contributed by atoms with Crippen molar-refractivity contribution in [3.8, 4) is 0 Å².